The van der Waals surface area contributed by atoms with Gasteiger partial charge in [-0.1, -0.05) is 18.2 Å². The number of thiazole rings is 1. The molecule has 3 aromatic rings. The number of para-hydroxylation sites is 1. The predicted molar refractivity (Wildman–Crippen MR) is 98.8 cm³/mol. The molecule has 2 heterocycles. The lowest BCUT2D eigenvalue weighted by molar-refractivity contribution is -0.121. The zero-order chi connectivity index (χ0) is 16.8. The highest BCUT2D eigenvalue weighted by Crippen LogP contribution is 2.22. The molecule has 1 aromatic carbocycles. The maximum absolute atomic E-state index is 11.8. The van der Waals surface area contributed by atoms with Crippen molar-refractivity contribution in [3.05, 3.63) is 51.7 Å². The quantitative estimate of drug-likeness (QED) is 0.488. The first-order valence-corrected chi connectivity index (χ1v) is 9.60. The van der Waals surface area contributed by atoms with Gasteiger partial charge in [0.2, 0.25) is 5.91 Å². The molecule has 0 spiro atoms. The number of amides is 1. The summed E-state index contributed by atoms with van der Waals surface area (Å²) in [5.74, 6) is -0.0289. The molecule has 0 aliphatic carbocycles. The fraction of sp³-hybridized carbons (Fsp3) is 0.278. The van der Waals surface area contributed by atoms with Gasteiger partial charge in [-0.25, -0.2) is 4.98 Å². The number of nitrogens with one attached hydrogen (secondary N) is 1. The summed E-state index contributed by atoms with van der Waals surface area (Å²) in [7, 11) is 0. The third-order valence-electron chi connectivity index (χ3n) is 3.60. The van der Waals surface area contributed by atoms with Gasteiger partial charge in [-0.15, -0.1) is 22.7 Å². The third-order valence-corrected chi connectivity index (χ3v) is 5.61. The Kier molecular flexibility index (Phi) is 5.72. The fourth-order valence-corrected chi connectivity index (χ4v) is 4.07. The van der Waals surface area contributed by atoms with Crippen molar-refractivity contribution >= 4 is 44.6 Å². The number of hydrogen-bond acceptors (Lipinski definition) is 5. The van der Waals surface area contributed by atoms with Crippen molar-refractivity contribution in [2.45, 2.75) is 25.7 Å². The second-order valence-electron chi connectivity index (χ2n) is 5.43. The number of Topliss-reactive ketones (excluding diaryl/α,β-unsaturated/α-hetero) is 1. The van der Waals surface area contributed by atoms with Gasteiger partial charge in [0.05, 0.1) is 20.1 Å². The molecule has 2 aromatic heterocycles. The van der Waals surface area contributed by atoms with E-state index in [1.165, 1.54) is 16.0 Å². The first kappa shape index (κ1) is 16.8. The number of fused-ring (bicyclic) bond motifs is 1. The largest absolute Gasteiger partial charge is 0.356 e. The molecule has 0 aliphatic rings. The van der Waals surface area contributed by atoms with E-state index in [4.69, 9.17) is 0 Å². The summed E-state index contributed by atoms with van der Waals surface area (Å²) < 4.78 is 1.20. The number of hydrogen-bond donors (Lipinski definition) is 1. The van der Waals surface area contributed by atoms with Crippen LogP contribution in [0.3, 0.4) is 0 Å². The fourth-order valence-electron chi connectivity index (χ4n) is 2.37. The summed E-state index contributed by atoms with van der Waals surface area (Å²) in [6, 6.07) is 11.7. The second-order valence-corrected chi connectivity index (χ2v) is 7.49. The first-order valence-electron chi connectivity index (χ1n) is 7.90. The summed E-state index contributed by atoms with van der Waals surface area (Å²) in [5.41, 5.74) is 1.04. The molecule has 3 rings (SSSR count). The van der Waals surface area contributed by atoms with Gasteiger partial charge in [-0.2, -0.15) is 0 Å². The summed E-state index contributed by atoms with van der Waals surface area (Å²) in [4.78, 5) is 28.9. The van der Waals surface area contributed by atoms with Crippen LogP contribution in [0, 0.1) is 0 Å². The van der Waals surface area contributed by atoms with Gasteiger partial charge < -0.3 is 5.32 Å². The number of carbonyl (C=O) groups excluding carboxylic acids is 2. The molecule has 0 aliphatic heterocycles. The summed E-state index contributed by atoms with van der Waals surface area (Å²) in [5, 5.41) is 5.84. The minimum atomic E-state index is -0.0655. The van der Waals surface area contributed by atoms with E-state index >= 15 is 0 Å². The minimum absolute atomic E-state index is 0.0367. The molecule has 0 saturated carbocycles. The van der Waals surface area contributed by atoms with Crippen LogP contribution >= 0.6 is 22.7 Å². The van der Waals surface area contributed by atoms with Crippen LogP contribution in [0.2, 0.25) is 0 Å². The van der Waals surface area contributed by atoms with E-state index in [2.05, 4.69) is 16.4 Å². The van der Waals surface area contributed by atoms with Crippen LogP contribution in [0.4, 0.5) is 0 Å². The van der Waals surface area contributed by atoms with E-state index < -0.39 is 0 Å². The Balaban J connectivity index is 1.35. The van der Waals surface area contributed by atoms with E-state index in [1.807, 2.05) is 29.6 Å². The highest BCUT2D eigenvalue weighted by Gasteiger charge is 2.10. The molecule has 24 heavy (non-hydrogen) atoms. The van der Waals surface area contributed by atoms with Crippen LogP contribution in [0.25, 0.3) is 10.2 Å². The molecule has 0 bridgehead atoms. The summed E-state index contributed by atoms with van der Waals surface area (Å²) >= 11 is 3.12. The molecule has 0 unspecified atom stereocenters. The molecule has 0 atom stereocenters. The zero-order valence-corrected chi connectivity index (χ0v) is 14.8. The normalized spacial score (nSPS) is 10.8. The van der Waals surface area contributed by atoms with E-state index in [-0.39, 0.29) is 24.5 Å². The van der Waals surface area contributed by atoms with E-state index in [0.717, 1.165) is 28.2 Å². The molecular formula is C18H18N2O2S2. The smallest absolute Gasteiger partial charge is 0.220 e. The molecule has 1 N–H and O–H groups in total. The Bertz CT molecular complexity index is 792. The Morgan fingerprint density at radius 2 is 1.96 bits per heavy atom. The van der Waals surface area contributed by atoms with Gasteiger partial charge in [-0.05, 0) is 30.0 Å². The van der Waals surface area contributed by atoms with Crippen molar-refractivity contribution in [3.63, 3.8) is 0 Å². The highest BCUT2D eigenvalue weighted by molar-refractivity contribution is 7.18. The Morgan fingerprint density at radius 3 is 2.75 bits per heavy atom. The molecule has 1 amide bonds. The van der Waals surface area contributed by atoms with Crippen molar-refractivity contribution in [1.29, 1.82) is 0 Å². The van der Waals surface area contributed by atoms with Gasteiger partial charge in [0, 0.05) is 25.8 Å². The Morgan fingerprint density at radius 1 is 1.08 bits per heavy atom. The third kappa shape index (κ3) is 4.49. The van der Waals surface area contributed by atoms with Crippen LogP contribution in [0.5, 0.6) is 0 Å². The van der Waals surface area contributed by atoms with Crippen molar-refractivity contribution in [2.24, 2.45) is 0 Å². The number of ketones is 1. The zero-order valence-electron chi connectivity index (χ0n) is 13.2. The van der Waals surface area contributed by atoms with Crippen molar-refractivity contribution in [1.82, 2.24) is 10.3 Å². The number of aryl methyl sites for hydroxylation is 1. The molecule has 0 fully saturated rings. The van der Waals surface area contributed by atoms with Gasteiger partial charge >= 0.3 is 0 Å². The molecule has 6 heteroatoms. The van der Waals surface area contributed by atoms with E-state index in [1.54, 1.807) is 17.4 Å². The van der Waals surface area contributed by atoms with Gasteiger partial charge in [0.25, 0.3) is 0 Å². The SMILES string of the molecule is O=C(CCC(=O)c1cccs1)NCCCc1nc2ccccc2s1. The molecule has 124 valence electrons. The number of carbonyl (C=O) groups is 2. The van der Waals surface area contributed by atoms with Gasteiger partial charge in [-0.3, -0.25) is 9.59 Å². The topological polar surface area (TPSA) is 59.1 Å². The first-order chi connectivity index (χ1) is 11.7. The maximum Gasteiger partial charge on any atom is 0.220 e. The number of rotatable bonds is 8. The van der Waals surface area contributed by atoms with Gasteiger partial charge in [0.1, 0.15) is 0 Å². The van der Waals surface area contributed by atoms with Crippen LogP contribution in [0.1, 0.15) is 33.9 Å². The second kappa shape index (κ2) is 8.17. The maximum atomic E-state index is 11.8. The molecule has 0 radical (unpaired) electrons. The minimum Gasteiger partial charge on any atom is -0.356 e. The van der Waals surface area contributed by atoms with Crippen LogP contribution in [-0.2, 0) is 11.2 Å². The molecule has 0 saturated heterocycles. The van der Waals surface area contributed by atoms with Crippen LogP contribution in [-0.4, -0.2) is 23.2 Å². The summed E-state index contributed by atoms with van der Waals surface area (Å²) in [6.45, 7) is 0.613. The Labute approximate surface area is 148 Å². The standard InChI is InChI=1S/C18H18N2O2S2/c21-14(16-7-4-12-23-16)9-10-17(22)19-11-3-8-18-20-13-5-1-2-6-15(13)24-18/h1-2,4-7,12H,3,8-11H2,(H,19,22). The average molecular weight is 358 g/mol. The number of benzene rings is 1. The lowest BCUT2D eigenvalue weighted by atomic mass is 10.2. The van der Waals surface area contributed by atoms with Crippen molar-refractivity contribution < 1.29 is 9.59 Å². The highest BCUT2D eigenvalue weighted by atomic mass is 32.1. The van der Waals surface area contributed by atoms with Gasteiger partial charge in [0.15, 0.2) is 5.78 Å². The van der Waals surface area contributed by atoms with Crippen LogP contribution in [0.15, 0.2) is 41.8 Å². The molecular weight excluding hydrogens is 340 g/mol. The number of nitrogens with zero attached hydrogens (tertiary/aromatic N) is 1. The van der Waals surface area contributed by atoms with Crippen LogP contribution < -0.4 is 5.32 Å². The van der Waals surface area contributed by atoms with Crippen molar-refractivity contribution in [2.75, 3.05) is 6.54 Å². The number of thiophene rings is 1. The van der Waals surface area contributed by atoms with Crippen molar-refractivity contribution in [3.8, 4) is 0 Å². The predicted octanol–water partition coefficient (Wildman–Crippen LogP) is 4.07. The number of aromatic nitrogens is 1. The summed E-state index contributed by atoms with van der Waals surface area (Å²) in [6.07, 6.45) is 2.22. The Hall–Kier alpha value is -2.05. The average Bonchev–Trinajstić information content (AvgIpc) is 3.25. The lowest BCUT2D eigenvalue weighted by Crippen LogP contribution is -2.25. The molecule has 4 nitrogen and oxygen atoms in total. The lowest BCUT2D eigenvalue weighted by Gasteiger charge is -2.03. The van der Waals surface area contributed by atoms with E-state index in [0.29, 0.717) is 6.54 Å². The van der Waals surface area contributed by atoms with E-state index in [9.17, 15) is 9.59 Å². The monoisotopic (exact) mass is 358 g/mol.